The second kappa shape index (κ2) is 3.11. The monoisotopic (exact) mass is 190 g/mol. The second-order valence-electron chi connectivity index (χ2n) is 3.60. The van der Waals surface area contributed by atoms with Crippen molar-refractivity contribution in [3.63, 3.8) is 0 Å². The van der Waals surface area contributed by atoms with Gasteiger partial charge in [-0.25, -0.2) is 4.39 Å². The van der Waals surface area contributed by atoms with E-state index in [-0.39, 0.29) is 11.7 Å². The van der Waals surface area contributed by atoms with Crippen molar-refractivity contribution in [1.29, 1.82) is 0 Å². The number of hydrogen-bond acceptors (Lipinski definition) is 1. The standard InChI is InChI=1S/C12H11FO/c1-3-12(9(2)8-14-12)10-4-6-11(13)7-5-10/h1,4-7,9H,8H2,2H3. The molecule has 2 atom stereocenters. The Morgan fingerprint density at radius 3 is 2.50 bits per heavy atom. The molecule has 1 fully saturated rings. The Labute approximate surface area is 82.9 Å². The molecule has 0 amide bonds. The predicted octanol–water partition coefficient (Wildman–Crippen LogP) is 2.32. The lowest BCUT2D eigenvalue weighted by Gasteiger charge is -2.44. The maximum atomic E-state index is 12.7. The molecule has 1 aliphatic rings. The summed E-state index contributed by atoms with van der Waals surface area (Å²) in [6, 6.07) is 6.18. The Morgan fingerprint density at radius 2 is 2.14 bits per heavy atom. The van der Waals surface area contributed by atoms with E-state index < -0.39 is 5.60 Å². The molecule has 0 aromatic heterocycles. The zero-order chi connectivity index (χ0) is 10.2. The van der Waals surface area contributed by atoms with E-state index in [1.54, 1.807) is 12.1 Å². The Kier molecular flexibility index (Phi) is 2.05. The van der Waals surface area contributed by atoms with E-state index in [4.69, 9.17) is 11.2 Å². The largest absolute Gasteiger partial charge is 0.357 e. The summed E-state index contributed by atoms with van der Waals surface area (Å²) >= 11 is 0. The Morgan fingerprint density at radius 1 is 1.50 bits per heavy atom. The van der Waals surface area contributed by atoms with Crippen LogP contribution in [0.1, 0.15) is 12.5 Å². The van der Waals surface area contributed by atoms with E-state index in [2.05, 4.69) is 5.92 Å². The number of benzene rings is 1. The van der Waals surface area contributed by atoms with Crippen LogP contribution in [0.4, 0.5) is 4.39 Å². The zero-order valence-electron chi connectivity index (χ0n) is 7.96. The molecule has 2 heteroatoms. The van der Waals surface area contributed by atoms with Crippen LogP contribution in [-0.4, -0.2) is 6.61 Å². The first-order valence-corrected chi connectivity index (χ1v) is 4.57. The molecule has 72 valence electrons. The van der Waals surface area contributed by atoms with Gasteiger partial charge < -0.3 is 4.74 Å². The molecule has 0 saturated carbocycles. The summed E-state index contributed by atoms with van der Waals surface area (Å²) < 4.78 is 18.2. The molecule has 1 aromatic rings. The first-order valence-electron chi connectivity index (χ1n) is 4.57. The first kappa shape index (κ1) is 9.23. The van der Waals surface area contributed by atoms with Crippen molar-refractivity contribution in [2.75, 3.05) is 6.61 Å². The highest BCUT2D eigenvalue weighted by Crippen LogP contribution is 2.41. The summed E-state index contributed by atoms with van der Waals surface area (Å²) in [5.41, 5.74) is 0.230. The van der Waals surface area contributed by atoms with Crippen LogP contribution < -0.4 is 0 Å². The van der Waals surface area contributed by atoms with Crippen LogP contribution >= 0.6 is 0 Å². The number of rotatable bonds is 1. The maximum absolute atomic E-state index is 12.7. The van der Waals surface area contributed by atoms with Crippen molar-refractivity contribution in [1.82, 2.24) is 0 Å². The molecule has 0 N–H and O–H groups in total. The minimum atomic E-state index is -0.631. The van der Waals surface area contributed by atoms with Gasteiger partial charge in [-0.2, -0.15) is 0 Å². The van der Waals surface area contributed by atoms with E-state index in [0.717, 1.165) is 5.56 Å². The second-order valence-corrected chi connectivity index (χ2v) is 3.60. The van der Waals surface area contributed by atoms with Crippen molar-refractivity contribution in [2.45, 2.75) is 12.5 Å². The fourth-order valence-corrected chi connectivity index (χ4v) is 1.75. The Bertz CT molecular complexity index is 376. The van der Waals surface area contributed by atoms with Crippen molar-refractivity contribution in [3.05, 3.63) is 35.6 Å². The van der Waals surface area contributed by atoms with E-state index in [1.165, 1.54) is 12.1 Å². The molecule has 1 heterocycles. The van der Waals surface area contributed by atoms with Crippen molar-refractivity contribution >= 4 is 0 Å². The quantitative estimate of drug-likeness (QED) is 0.617. The van der Waals surface area contributed by atoms with Gasteiger partial charge in [0.2, 0.25) is 0 Å². The van der Waals surface area contributed by atoms with Crippen LogP contribution in [0.3, 0.4) is 0 Å². The highest BCUT2D eigenvalue weighted by Gasteiger charge is 2.45. The molecule has 1 aliphatic heterocycles. The summed E-state index contributed by atoms with van der Waals surface area (Å²) in [5, 5.41) is 0. The molecular weight excluding hydrogens is 179 g/mol. The maximum Gasteiger partial charge on any atom is 0.158 e. The molecular formula is C12H11FO. The van der Waals surface area contributed by atoms with E-state index >= 15 is 0 Å². The first-order chi connectivity index (χ1) is 6.69. The van der Waals surface area contributed by atoms with Gasteiger partial charge in [-0.3, -0.25) is 0 Å². The number of hydrogen-bond donors (Lipinski definition) is 0. The van der Waals surface area contributed by atoms with Crippen LogP contribution in [0.2, 0.25) is 0 Å². The lowest BCUT2D eigenvalue weighted by atomic mass is 9.79. The molecule has 1 aromatic carbocycles. The number of halogens is 1. The van der Waals surface area contributed by atoms with Gasteiger partial charge in [-0.15, -0.1) is 6.42 Å². The van der Waals surface area contributed by atoms with Crippen LogP contribution in [0, 0.1) is 24.1 Å². The van der Waals surface area contributed by atoms with Gasteiger partial charge in [0.1, 0.15) is 5.82 Å². The van der Waals surface area contributed by atoms with Crippen molar-refractivity contribution < 1.29 is 9.13 Å². The lowest BCUT2D eigenvalue weighted by molar-refractivity contribution is -0.164. The molecule has 0 radical (unpaired) electrons. The molecule has 0 spiro atoms. The van der Waals surface area contributed by atoms with E-state index in [9.17, 15) is 4.39 Å². The molecule has 2 rings (SSSR count). The predicted molar refractivity (Wildman–Crippen MR) is 52.0 cm³/mol. The minimum Gasteiger partial charge on any atom is -0.357 e. The molecule has 0 bridgehead atoms. The number of ether oxygens (including phenoxy) is 1. The number of terminal acetylenes is 1. The van der Waals surface area contributed by atoms with Crippen molar-refractivity contribution in [2.24, 2.45) is 5.92 Å². The van der Waals surface area contributed by atoms with Gasteiger partial charge in [-0.05, 0) is 17.7 Å². The van der Waals surface area contributed by atoms with Gasteiger partial charge in [0, 0.05) is 5.92 Å². The average molecular weight is 190 g/mol. The molecule has 14 heavy (non-hydrogen) atoms. The van der Waals surface area contributed by atoms with Gasteiger partial charge >= 0.3 is 0 Å². The summed E-state index contributed by atoms with van der Waals surface area (Å²) in [4.78, 5) is 0. The normalized spacial score (nSPS) is 30.5. The Hall–Kier alpha value is -1.33. The van der Waals surface area contributed by atoms with E-state index in [0.29, 0.717) is 6.61 Å². The minimum absolute atomic E-state index is 0.257. The zero-order valence-corrected chi connectivity index (χ0v) is 7.96. The summed E-state index contributed by atoms with van der Waals surface area (Å²) in [6.45, 7) is 2.70. The topological polar surface area (TPSA) is 9.23 Å². The highest BCUT2D eigenvalue weighted by molar-refractivity contribution is 5.34. The summed E-state index contributed by atoms with van der Waals surface area (Å²) in [6.07, 6.45) is 5.46. The molecule has 1 nitrogen and oxygen atoms in total. The van der Waals surface area contributed by atoms with Crippen molar-refractivity contribution in [3.8, 4) is 12.3 Å². The summed E-state index contributed by atoms with van der Waals surface area (Å²) in [5.74, 6) is 2.69. The average Bonchev–Trinajstić information content (AvgIpc) is 2.20. The van der Waals surface area contributed by atoms with Crippen LogP contribution in [0.5, 0.6) is 0 Å². The third-order valence-corrected chi connectivity index (χ3v) is 2.74. The van der Waals surface area contributed by atoms with Gasteiger partial charge in [0.05, 0.1) is 6.61 Å². The highest BCUT2D eigenvalue weighted by atomic mass is 19.1. The van der Waals surface area contributed by atoms with Crippen LogP contribution in [-0.2, 0) is 10.3 Å². The SMILES string of the molecule is C#CC1(c2ccc(F)cc2)OCC1C. The third kappa shape index (κ3) is 1.13. The third-order valence-electron chi connectivity index (χ3n) is 2.74. The molecule has 2 unspecified atom stereocenters. The lowest BCUT2D eigenvalue weighted by Crippen LogP contribution is -2.48. The van der Waals surface area contributed by atoms with E-state index in [1.807, 2.05) is 6.92 Å². The van der Waals surface area contributed by atoms with Crippen LogP contribution in [0.15, 0.2) is 24.3 Å². The van der Waals surface area contributed by atoms with Gasteiger partial charge in [-0.1, -0.05) is 25.0 Å². The molecule has 1 saturated heterocycles. The van der Waals surface area contributed by atoms with Crippen LogP contribution in [0.25, 0.3) is 0 Å². The molecule has 0 aliphatic carbocycles. The van der Waals surface area contributed by atoms with Gasteiger partial charge in [0.15, 0.2) is 5.60 Å². The van der Waals surface area contributed by atoms with Gasteiger partial charge in [0.25, 0.3) is 0 Å². The summed E-state index contributed by atoms with van der Waals surface area (Å²) in [7, 11) is 0. The Balaban J connectivity index is 2.39. The smallest absolute Gasteiger partial charge is 0.158 e. The fraction of sp³-hybridized carbons (Fsp3) is 0.333. The fourth-order valence-electron chi connectivity index (χ4n) is 1.75.